The van der Waals surface area contributed by atoms with Crippen molar-refractivity contribution in [2.45, 2.75) is 6.92 Å². The molecule has 0 spiro atoms. The molecule has 1 aliphatic heterocycles. The zero-order chi connectivity index (χ0) is 5.98. The van der Waals surface area contributed by atoms with Gasteiger partial charge in [-0.3, -0.25) is 0 Å². The highest BCUT2D eigenvalue weighted by molar-refractivity contribution is 14.2. The molecule has 0 saturated heterocycles. The van der Waals surface area contributed by atoms with Crippen LogP contribution in [0.1, 0.15) is 6.92 Å². The van der Waals surface area contributed by atoms with Gasteiger partial charge in [0.05, 0.1) is 0 Å². The Morgan fingerprint density at radius 2 is 2.38 bits per heavy atom. The van der Waals surface area contributed by atoms with E-state index in [1.807, 2.05) is 6.08 Å². The fraction of sp³-hybridized carbons (Fsp3) is 0.167. The van der Waals surface area contributed by atoms with Crippen LogP contribution >= 0.6 is 20.7 Å². The molecule has 8 heavy (non-hydrogen) atoms. The monoisotopic (exact) mass is 221 g/mol. The molecule has 0 aromatic carbocycles. The molecule has 0 bridgehead atoms. The molecule has 0 fully saturated rings. The number of hydrogen-bond acceptors (Lipinski definition) is 1. The van der Waals surface area contributed by atoms with Gasteiger partial charge in [0, 0.05) is 5.70 Å². The summed E-state index contributed by atoms with van der Waals surface area (Å²) < 4.78 is 4.40. The van der Waals surface area contributed by atoms with E-state index in [2.05, 4.69) is 15.0 Å². The summed E-state index contributed by atoms with van der Waals surface area (Å²) in [5, 5.41) is 0. The van der Waals surface area contributed by atoms with E-state index in [1.54, 1.807) is 0 Å². The SMILES string of the molecule is CC1=CI=CC=C1N. The van der Waals surface area contributed by atoms with E-state index in [1.165, 1.54) is 5.57 Å². The molecule has 1 rings (SSSR count). The van der Waals surface area contributed by atoms with Gasteiger partial charge in [-0.2, -0.15) is 0 Å². The van der Waals surface area contributed by atoms with Crippen molar-refractivity contribution in [2.75, 3.05) is 0 Å². The lowest BCUT2D eigenvalue weighted by molar-refractivity contribution is 1.31. The van der Waals surface area contributed by atoms with Gasteiger partial charge in [0.25, 0.3) is 0 Å². The van der Waals surface area contributed by atoms with E-state index >= 15 is 0 Å². The summed E-state index contributed by atoms with van der Waals surface area (Å²) in [6.07, 6.45) is 2.00. The standard InChI is InChI=1S/C6H8IN/c1-5-4-7-3-2-6(5)8/h2-4H,8H2,1H3. The van der Waals surface area contributed by atoms with Gasteiger partial charge in [-0.25, -0.2) is 0 Å². The first-order valence-corrected chi connectivity index (χ1v) is 4.88. The van der Waals surface area contributed by atoms with Gasteiger partial charge < -0.3 is 5.73 Å². The zero-order valence-corrected chi connectivity index (χ0v) is 6.84. The van der Waals surface area contributed by atoms with Crippen molar-refractivity contribution in [3.63, 3.8) is 0 Å². The Kier molecular flexibility index (Phi) is 1.83. The van der Waals surface area contributed by atoms with E-state index < -0.39 is 0 Å². The summed E-state index contributed by atoms with van der Waals surface area (Å²) in [5.41, 5.74) is 7.73. The van der Waals surface area contributed by atoms with Crippen LogP contribution in [0.15, 0.2) is 21.4 Å². The first kappa shape index (κ1) is 6.01. The Morgan fingerprint density at radius 1 is 1.62 bits per heavy atom. The van der Waals surface area contributed by atoms with Crippen molar-refractivity contribution in [1.82, 2.24) is 0 Å². The minimum atomic E-state index is 0.204. The summed E-state index contributed by atoms with van der Waals surface area (Å²) in [5.74, 6) is 0. The van der Waals surface area contributed by atoms with E-state index in [-0.39, 0.29) is 20.7 Å². The molecule has 1 heterocycles. The van der Waals surface area contributed by atoms with Gasteiger partial charge in [0.1, 0.15) is 0 Å². The van der Waals surface area contributed by atoms with Crippen molar-refractivity contribution < 1.29 is 0 Å². The van der Waals surface area contributed by atoms with E-state index in [9.17, 15) is 0 Å². The Labute approximate surface area is 59.0 Å². The van der Waals surface area contributed by atoms with E-state index in [4.69, 9.17) is 5.73 Å². The average molecular weight is 221 g/mol. The molecular weight excluding hydrogens is 213 g/mol. The summed E-state index contributed by atoms with van der Waals surface area (Å²) in [6.45, 7) is 2.05. The lowest BCUT2D eigenvalue weighted by Crippen LogP contribution is -1.99. The second-order valence-electron chi connectivity index (χ2n) is 1.67. The summed E-state index contributed by atoms with van der Waals surface area (Å²) >= 11 is 0.204. The van der Waals surface area contributed by atoms with Crippen molar-refractivity contribution >= 4 is 24.7 Å². The molecule has 1 nitrogen and oxygen atoms in total. The van der Waals surface area contributed by atoms with Crippen molar-refractivity contribution in [3.05, 3.63) is 21.4 Å². The maximum atomic E-state index is 5.56. The molecule has 0 radical (unpaired) electrons. The minimum Gasteiger partial charge on any atom is -0.398 e. The van der Waals surface area contributed by atoms with Gasteiger partial charge in [0.15, 0.2) is 0 Å². The van der Waals surface area contributed by atoms with Crippen LogP contribution in [0.25, 0.3) is 0 Å². The second-order valence-corrected chi connectivity index (χ2v) is 3.73. The summed E-state index contributed by atoms with van der Waals surface area (Å²) in [7, 11) is 0. The molecule has 0 saturated carbocycles. The third-order valence-electron chi connectivity index (χ3n) is 0.997. The van der Waals surface area contributed by atoms with Crippen molar-refractivity contribution in [3.8, 4) is 0 Å². The Hall–Kier alpha value is -0.120. The minimum absolute atomic E-state index is 0.204. The van der Waals surface area contributed by atoms with Gasteiger partial charge in [-0.05, 0) is 26.7 Å². The Morgan fingerprint density at radius 3 is 2.75 bits per heavy atom. The molecule has 44 valence electrons. The Bertz CT molecular complexity index is 157. The average Bonchev–Trinajstić information content (AvgIpc) is 1.77. The first-order valence-electron chi connectivity index (χ1n) is 2.39. The lowest BCUT2D eigenvalue weighted by atomic mass is 10.2. The van der Waals surface area contributed by atoms with Crippen LogP contribution in [0, 0.1) is 0 Å². The molecule has 0 unspecified atom stereocenters. The van der Waals surface area contributed by atoms with Crippen LogP contribution in [-0.2, 0) is 0 Å². The first-order chi connectivity index (χ1) is 3.80. The number of halogens is 1. The van der Waals surface area contributed by atoms with Gasteiger partial charge in [0.2, 0.25) is 0 Å². The fourth-order valence-electron chi connectivity index (χ4n) is 0.430. The van der Waals surface area contributed by atoms with Crippen molar-refractivity contribution in [2.24, 2.45) is 5.73 Å². The number of allylic oxidation sites excluding steroid dienone is 2. The molecule has 0 atom stereocenters. The van der Waals surface area contributed by atoms with E-state index in [0.29, 0.717) is 0 Å². The van der Waals surface area contributed by atoms with Crippen LogP contribution in [0.5, 0.6) is 0 Å². The zero-order valence-electron chi connectivity index (χ0n) is 4.69. The van der Waals surface area contributed by atoms with Crippen LogP contribution in [0.3, 0.4) is 0 Å². The maximum Gasteiger partial charge on any atom is 0.0352 e. The lowest BCUT2D eigenvalue weighted by Gasteiger charge is -1.99. The van der Waals surface area contributed by atoms with Crippen LogP contribution in [0.2, 0.25) is 0 Å². The number of hydrogen-bond donors (Lipinski definition) is 1. The predicted octanol–water partition coefficient (Wildman–Crippen LogP) is 1.52. The molecule has 0 amide bonds. The quantitative estimate of drug-likeness (QED) is 0.616. The van der Waals surface area contributed by atoms with Crippen LogP contribution in [-0.4, -0.2) is 4.01 Å². The normalized spacial score (nSPS) is 18.6. The summed E-state index contributed by atoms with van der Waals surface area (Å²) in [6, 6.07) is 0. The van der Waals surface area contributed by atoms with Crippen LogP contribution < -0.4 is 5.73 Å². The highest BCUT2D eigenvalue weighted by atomic mass is 127. The molecule has 0 aromatic rings. The van der Waals surface area contributed by atoms with Gasteiger partial charge >= 0.3 is 0 Å². The van der Waals surface area contributed by atoms with Gasteiger partial charge in [-0.1, -0.05) is 20.7 Å². The molecule has 1 aliphatic rings. The molecule has 2 N–H and O–H groups in total. The molecule has 0 aromatic heterocycles. The number of rotatable bonds is 0. The predicted molar refractivity (Wildman–Crippen MR) is 46.1 cm³/mol. The highest BCUT2D eigenvalue weighted by Crippen LogP contribution is 2.13. The topological polar surface area (TPSA) is 26.0 Å². The molecule has 0 aliphatic carbocycles. The van der Waals surface area contributed by atoms with Crippen LogP contribution in [0.4, 0.5) is 0 Å². The summed E-state index contributed by atoms with van der Waals surface area (Å²) in [4.78, 5) is 0. The highest BCUT2D eigenvalue weighted by Gasteiger charge is 1.92. The van der Waals surface area contributed by atoms with Gasteiger partial charge in [-0.15, -0.1) is 0 Å². The maximum absolute atomic E-state index is 5.56. The molecular formula is C6H8IN. The van der Waals surface area contributed by atoms with Crippen molar-refractivity contribution in [1.29, 1.82) is 0 Å². The fourth-order valence-corrected chi connectivity index (χ4v) is 2.13. The third-order valence-corrected chi connectivity index (χ3v) is 3.07. The van der Waals surface area contributed by atoms with E-state index in [0.717, 1.165) is 5.70 Å². The Balaban J connectivity index is 2.93. The third kappa shape index (κ3) is 1.18. The molecule has 2 heteroatoms. The largest absolute Gasteiger partial charge is 0.398 e. The number of nitrogens with two attached hydrogens (primary N) is 1. The smallest absolute Gasteiger partial charge is 0.0352 e. The second kappa shape index (κ2) is 2.44.